The van der Waals surface area contributed by atoms with Gasteiger partial charge in [0.25, 0.3) is 15.9 Å². The second-order valence-corrected chi connectivity index (χ2v) is 6.80. The van der Waals surface area contributed by atoms with Gasteiger partial charge in [0.1, 0.15) is 5.82 Å². The minimum atomic E-state index is -3.75. The van der Waals surface area contributed by atoms with E-state index in [2.05, 4.69) is 15.1 Å². The van der Waals surface area contributed by atoms with Crippen molar-refractivity contribution in [1.82, 2.24) is 9.87 Å². The topological polar surface area (TPSA) is 97.4 Å². The highest BCUT2D eigenvalue weighted by atomic mass is 32.2. The van der Waals surface area contributed by atoms with Crippen LogP contribution in [0.5, 0.6) is 0 Å². The summed E-state index contributed by atoms with van der Waals surface area (Å²) < 4.78 is 23.6. The number of amides is 1. The van der Waals surface area contributed by atoms with Crippen LogP contribution in [0.2, 0.25) is 0 Å². The van der Waals surface area contributed by atoms with Gasteiger partial charge in [-0.3, -0.25) is 9.63 Å². The number of rotatable bonds is 5. The molecule has 0 aliphatic carbocycles. The lowest BCUT2D eigenvalue weighted by molar-refractivity contribution is 0.102. The van der Waals surface area contributed by atoms with Crippen LogP contribution in [0.15, 0.2) is 65.6 Å². The molecule has 1 amide bonds. The molecule has 1 aromatic heterocycles. The number of fused-ring (bicyclic) bond motifs is 1. The van der Waals surface area contributed by atoms with Gasteiger partial charge in [-0.25, -0.2) is 13.4 Å². The normalized spacial score (nSPS) is 11.4. The number of carbonyl (C=O) groups is 1. The van der Waals surface area contributed by atoms with Crippen molar-refractivity contribution >= 4 is 32.7 Å². The van der Waals surface area contributed by atoms with E-state index < -0.39 is 10.0 Å². The molecule has 0 fully saturated rings. The summed E-state index contributed by atoms with van der Waals surface area (Å²) in [6.45, 7) is 0. The minimum Gasteiger partial charge on any atom is -0.307 e. The molecule has 0 bridgehead atoms. The van der Waals surface area contributed by atoms with Crippen molar-refractivity contribution in [3.8, 4) is 0 Å². The van der Waals surface area contributed by atoms with Crippen LogP contribution >= 0.6 is 0 Å². The first-order valence-electron chi connectivity index (χ1n) is 7.31. The highest BCUT2D eigenvalue weighted by Crippen LogP contribution is 2.16. The average molecular weight is 357 g/mol. The van der Waals surface area contributed by atoms with Crippen molar-refractivity contribution in [2.24, 2.45) is 0 Å². The number of benzene rings is 2. The molecule has 0 aliphatic rings. The Hall–Kier alpha value is -2.81. The molecular formula is C17H15N3O4S. The molecule has 7 nitrogen and oxygen atoms in total. The fraction of sp³-hybridized carbons (Fsp3) is 0.0588. The van der Waals surface area contributed by atoms with Crippen LogP contribution in [-0.2, 0) is 14.9 Å². The summed E-state index contributed by atoms with van der Waals surface area (Å²) in [5.41, 5.74) is 1.08. The molecular weight excluding hydrogens is 342 g/mol. The smallest absolute Gasteiger partial charge is 0.262 e. The van der Waals surface area contributed by atoms with Gasteiger partial charge in [0.05, 0.1) is 17.5 Å². The van der Waals surface area contributed by atoms with Gasteiger partial charge < -0.3 is 5.32 Å². The van der Waals surface area contributed by atoms with Crippen LogP contribution in [0.25, 0.3) is 10.9 Å². The molecule has 0 aliphatic heterocycles. The third kappa shape index (κ3) is 3.82. The third-order valence-electron chi connectivity index (χ3n) is 3.46. The molecule has 1 heterocycles. The van der Waals surface area contributed by atoms with E-state index in [1.165, 1.54) is 31.4 Å². The zero-order chi connectivity index (χ0) is 17.9. The van der Waals surface area contributed by atoms with Crippen LogP contribution in [0, 0.1) is 0 Å². The zero-order valence-electron chi connectivity index (χ0n) is 13.3. The summed E-state index contributed by atoms with van der Waals surface area (Å²) in [7, 11) is -2.55. The lowest BCUT2D eigenvalue weighted by atomic mass is 10.2. The first kappa shape index (κ1) is 17.0. The molecule has 0 atom stereocenters. The van der Waals surface area contributed by atoms with Gasteiger partial charge in [0, 0.05) is 10.9 Å². The fourth-order valence-corrected chi connectivity index (χ4v) is 3.08. The number of carbonyl (C=O) groups excluding carboxylic acids is 1. The number of aromatic nitrogens is 1. The maximum atomic E-state index is 12.3. The maximum Gasteiger partial charge on any atom is 0.262 e. The SMILES string of the molecule is CONS(=O)(=O)c1ccc(C(=O)Nc2ccc3ccccc3n2)cc1. The van der Waals surface area contributed by atoms with Gasteiger partial charge >= 0.3 is 0 Å². The van der Waals surface area contributed by atoms with Crippen molar-refractivity contribution in [3.05, 3.63) is 66.2 Å². The van der Waals surface area contributed by atoms with Gasteiger partial charge in [-0.1, -0.05) is 23.1 Å². The molecule has 128 valence electrons. The largest absolute Gasteiger partial charge is 0.307 e. The highest BCUT2D eigenvalue weighted by Gasteiger charge is 2.14. The standard InChI is InChI=1S/C17H15N3O4S/c1-24-20-25(22,23)14-9-6-13(7-10-14)17(21)19-16-11-8-12-4-2-3-5-15(12)18-16/h2-11,20H,1H3,(H,18,19,21). The lowest BCUT2D eigenvalue weighted by Crippen LogP contribution is -2.22. The maximum absolute atomic E-state index is 12.3. The van der Waals surface area contributed by atoms with Crippen molar-refractivity contribution in [1.29, 1.82) is 0 Å². The molecule has 0 radical (unpaired) electrons. The summed E-state index contributed by atoms with van der Waals surface area (Å²) in [4.78, 5) is 23.0. The predicted octanol–water partition coefficient (Wildman–Crippen LogP) is 2.33. The van der Waals surface area contributed by atoms with E-state index in [1.807, 2.05) is 35.2 Å². The molecule has 3 aromatic rings. The molecule has 0 saturated carbocycles. The third-order valence-corrected chi connectivity index (χ3v) is 4.74. The van der Waals surface area contributed by atoms with E-state index in [-0.39, 0.29) is 10.8 Å². The van der Waals surface area contributed by atoms with E-state index in [0.717, 1.165) is 10.9 Å². The summed E-state index contributed by atoms with van der Waals surface area (Å²) in [6, 6.07) is 16.6. The zero-order valence-corrected chi connectivity index (χ0v) is 14.1. The monoisotopic (exact) mass is 357 g/mol. The molecule has 0 unspecified atom stereocenters. The van der Waals surface area contributed by atoms with Gasteiger partial charge in [0.2, 0.25) is 0 Å². The van der Waals surface area contributed by atoms with Crippen molar-refractivity contribution < 1.29 is 18.0 Å². The lowest BCUT2D eigenvalue weighted by Gasteiger charge is -2.07. The molecule has 3 rings (SSSR count). The number of anilines is 1. The van der Waals surface area contributed by atoms with Crippen LogP contribution in [0.3, 0.4) is 0 Å². The second kappa shape index (κ2) is 6.98. The Bertz CT molecular complexity index is 1020. The summed E-state index contributed by atoms with van der Waals surface area (Å²) >= 11 is 0. The van der Waals surface area contributed by atoms with Gasteiger partial charge in [-0.2, -0.15) is 0 Å². The Kier molecular flexibility index (Phi) is 4.75. The van der Waals surface area contributed by atoms with E-state index in [4.69, 9.17) is 0 Å². The van der Waals surface area contributed by atoms with Crippen molar-refractivity contribution in [2.45, 2.75) is 4.90 Å². The Labute approximate surface area is 144 Å². The fourth-order valence-electron chi connectivity index (χ4n) is 2.27. The molecule has 0 saturated heterocycles. The Morgan fingerprint density at radius 1 is 1.00 bits per heavy atom. The number of hydrogen-bond acceptors (Lipinski definition) is 5. The number of para-hydroxylation sites is 1. The molecule has 0 spiro atoms. The second-order valence-electron chi connectivity index (χ2n) is 5.16. The number of nitrogens with one attached hydrogen (secondary N) is 2. The quantitative estimate of drug-likeness (QED) is 0.683. The van der Waals surface area contributed by atoms with Crippen molar-refractivity contribution in [2.75, 3.05) is 12.4 Å². The van der Waals surface area contributed by atoms with E-state index in [1.54, 1.807) is 6.07 Å². The van der Waals surface area contributed by atoms with Crippen LogP contribution < -0.4 is 10.2 Å². The highest BCUT2D eigenvalue weighted by molar-refractivity contribution is 7.89. The summed E-state index contributed by atoms with van der Waals surface area (Å²) in [5.74, 6) is 0.0351. The van der Waals surface area contributed by atoms with Crippen LogP contribution in [0.4, 0.5) is 5.82 Å². The average Bonchev–Trinajstić information content (AvgIpc) is 2.61. The summed E-state index contributed by atoms with van der Waals surface area (Å²) in [5, 5.41) is 3.67. The number of hydrogen-bond donors (Lipinski definition) is 2. The van der Waals surface area contributed by atoms with Crippen LogP contribution in [-0.4, -0.2) is 26.4 Å². The molecule has 2 N–H and O–H groups in total. The van der Waals surface area contributed by atoms with E-state index in [9.17, 15) is 13.2 Å². The molecule has 8 heteroatoms. The number of sulfonamides is 1. The van der Waals surface area contributed by atoms with E-state index in [0.29, 0.717) is 11.4 Å². The predicted molar refractivity (Wildman–Crippen MR) is 93.5 cm³/mol. The van der Waals surface area contributed by atoms with Crippen molar-refractivity contribution in [3.63, 3.8) is 0 Å². The summed E-state index contributed by atoms with van der Waals surface area (Å²) in [6.07, 6.45) is 0. The first-order valence-corrected chi connectivity index (χ1v) is 8.80. The molecule has 25 heavy (non-hydrogen) atoms. The van der Waals surface area contributed by atoms with Gasteiger partial charge in [-0.05, 0) is 42.5 Å². The first-order chi connectivity index (χ1) is 12.0. The Morgan fingerprint density at radius 2 is 1.72 bits per heavy atom. The van der Waals surface area contributed by atoms with E-state index >= 15 is 0 Å². The number of nitrogens with zero attached hydrogens (tertiary/aromatic N) is 1. The minimum absolute atomic E-state index is 0.00488. The van der Waals surface area contributed by atoms with Gasteiger partial charge in [-0.15, -0.1) is 0 Å². The molecule has 2 aromatic carbocycles. The Morgan fingerprint density at radius 3 is 2.44 bits per heavy atom. The Balaban J connectivity index is 1.78. The number of pyridine rings is 1. The van der Waals surface area contributed by atoms with Gasteiger partial charge in [0.15, 0.2) is 0 Å². The van der Waals surface area contributed by atoms with Crippen LogP contribution in [0.1, 0.15) is 10.4 Å².